The monoisotopic (exact) mass is 488 g/mol. The average Bonchev–Trinajstić information content (AvgIpc) is 3.29. The second-order valence-corrected chi connectivity index (χ2v) is 8.47. The van der Waals surface area contributed by atoms with E-state index >= 15 is 0 Å². The van der Waals surface area contributed by atoms with E-state index in [0.29, 0.717) is 40.8 Å². The van der Waals surface area contributed by atoms with E-state index < -0.39 is 17.7 Å². The molecule has 0 radical (unpaired) electrons. The smallest absolute Gasteiger partial charge is 0.256 e. The van der Waals surface area contributed by atoms with Gasteiger partial charge in [-0.25, -0.2) is 9.37 Å². The van der Waals surface area contributed by atoms with E-state index in [2.05, 4.69) is 21.9 Å². The number of pyridine rings is 2. The zero-order chi connectivity index (χ0) is 25.2. The summed E-state index contributed by atoms with van der Waals surface area (Å²) in [4.78, 5) is 34.0. The van der Waals surface area contributed by atoms with Crippen LogP contribution < -0.4 is 5.32 Å². The molecule has 4 heterocycles. The molecule has 1 saturated heterocycles. The topological polar surface area (TPSA) is 93.0 Å². The molecule has 1 aromatic carbocycles. The maximum absolute atomic E-state index is 15.0. The fraction of sp³-hybridized carbons (Fsp3) is 0.192. The van der Waals surface area contributed by atoms with E-state index in [1.807, 2.05) is 0 Å². The van der Waals surface area contributed by atoms with Crippen molar-refractivity contribution in [2.24, 2.45) is 0 Å². The Balaban J connectivity index is 1.46. The van der Waals surface area contributed by atoms with E-state index in [4.69, 9.17) is 5.10 Å². The third kappa shape index (κ3) is 4.45. The minimum absolute atomic E-state index is 0.104. The van der Waals surface area contributed by atoms with Crippen molar-refractivity contribution in [1.82, 2.24) is 24.6 Å². The minimum Gasteiger partial charge on any atom is -0.337 e. The molecule has 3 aromatic heterocycles. The van der Waals surface area contributed by atoms with Gasteiger partial charge >= 0.3 is 0 Å². The molecule has 36 heavy (non-hydrogen) atoms. The summed E-state index contributed by atoms with van der Waals surface area (Å²) in [7, 11) is 0. The number of amides is 2. The number of likely N-dealkylation sites (tertiary alicyclic amines) is 1. The highest BCUT2D eigenvalue weighted by atomic mass is 19.1. The molecule has 8 nitrogen and oxygen atoms in total. The fourth-order valence-corrected chi connectivity index (χ4v) is 4.45. The molecule has 0 bridgehead atoms. The first kappa shape index (κ1) is 23.3. The highest BCUT2D eigenvalue weighted by molar-refractivity contribution is 6.04. The number of hydrogen-bond donors (Lipinski definition) is 1. The van der Waals surface area contributed by atoms with Crippen molar-refractivity contribution in [1.29, 1.82) is 0 Å². The van der Waals surface area contributed by atoms with E-state index in [0.717, 1.165) is 19.0 Å². The third-order valence-electron chi connectivity index (χ3n) is 6.17. The van der Waals surface area contributed by atoms with Gasteiger partial charge in [0.15, 0.2) is 5.82 Å². The second-order valence-electron chi connectivity index (χ2n) is 8.47. The lowest BCUT2D eigenvalue weighted by Crippen LogP contribution is -2.40. The van der Waals surface area contributed by atoms with E-state index in [9.17, 15) is 18.4 Å². The second kappa shape index (κ2) is 9.65. The lowest BCUT2D eigenvalue weighted by atomic mass is 10.0. The molecule has 182 valence electrons. The molecule has 4 aromatic rings. The van der Waals surface area contributed by atoms with Crippen molar-refractivity contribution >= 4 is 28.5 Å². The van der Waals surface area contributed by atoms with E-state index in [1.54, 1.807) is 40.0 Å². The van der Waals surface area contributed by atoms with E-state index in [1.165, 1.54) is 24.3 Å². The Kier molecular flexibility index (Phi) is 6.24. The molecule has 1 aliphatic heterocycles. The number of anilines is 1. The van der Waals surface area contributed by atoms with Crippen molar-refractivity contribution in [2.75, 3.05) is 18.4 Å². The van der Waals surface area contributed by atoms with Gasteiger partial charge in [-0.05, 0) is 43.2 Å². The molecular formula is C26H22F2N6O2. The number of nitrogens with one attached hydrogen (secondary N) is 1. The van der Waals surface area contributed by atoms with Gasteiger partial charge in [-0.2, -0.15) is 9.49 Å². The number of piperidine rings is 1. The molecular weight excluding hydrogens is 466 g/mol. The predicted octanol–water partition coefficient (Wildman–Crippen LogP) is 4.37. The van der Waals surface area contributed by atoms with Crippen LogP contribution in [0.3, 0.4) is 0 Å². The van der Waals surface area contributed by atoms with Crippen LogP contribution >= 0.6 is 0 Å². The lowest BCUT2D eigenvalue weighted by Gasteiger charge is -2.32. The average molecular weight is 488 g/mol. The molecule has 1 aliphatic rings. The number of hydrogen-bond acceptors (Lipinski definition) is 5. The summed E-state index contributed by atoms with van der Waals surface area (Å²) in [5.41, 5.74) is 1.84. The van der Waals surface area contributed by atoms with Crippen molar-refractivity contribution in [3.8, 4) is 11.3 Å². The van der Waals surface area contributed by atoms with Crippen LogP contribution in [0.15, 0.2) is 67.5 Å². The Hall–Kier alpha value is -4.47. The molecule has 1 atom stereocenters. The summed E-state index contributed by atoms with van der Waals surface area (Å²) in [5.74, 6) is -1.71. The quantitative estimate of drug-likeness (QED) is 0.333. The van der Waals surface area contributed by atoms with Crippen molar-refractivity contribution < 1.29 is 18.4 Å². The summed E-state index contributed by atoms with van der Waals surface area (Å²) in [5, 5.41) is 7.82. The molecule has 0 saturated carbocycles. The standard InChI is InChI=1S/C26H22F2N6O2/c1-2-23(35)33-12-4-5-18(15-33)34-25-19(13-29-14-20(25)27)24(32-34)16-8-10-17(11-9-16)26(36)31-22-7-3-6-21(28)30-22/h2-3,6-11,13-14,18H,1,4-5,12,15H2,(H,30,31,36)/t18-/m1/s1. The van der Waals surface area contributed by atoms with Crippen LogP contribution in [0.2, 0.25) is 0 Å². The van der Waals surface area contributed by atoms with Crippen molar-refractivity contribution in [3.05, 3.63) is 84.8 Å². The first-order chi connectivity index (χ1) is 17.4. The Morgan fingerprint density at radius 1 is 1.11 bits per heavy atom. The number of rotatable bonds is 5. The lowest BCUT2D eigenvalue weighted by molar-refractivity contribution is -0.127. The Morgan fingerprint density at radius 3 is 2.67 bits per heavy atom. The Bertz CT molecular complexity index is 1470. The van der Waals surface area contributed by atoms with Crippen LogP contribution in [0.25, 0.3) is 22.2 Å². The number of nitrogens with zero attached hydrogens (tertiary/aromatic N) is 5. The maximum atomic E-state index is 15.0. The van der Waals surface area contributed by atoms with Gasteiger partial charge in [-0.15, -0.1) is 0 Å². The normalized spacial score (nSPS) is 15.6. The van der Waals surface area contributed by atoms with E-state index in [-0.39, 0.29) is 17.8 Å². The van der Waals surface area contributed by atoms with Gasteiger partial charge in [0, 0.05) is 35.8 Å². The van der Waals surface area contributed by atoms with Gasteiger partial charge in [0.25, 0.3) is 5.91 Å². The summed E-state index contributed by atoms with van der Waals surface area (Å²) in [6.45, 7) is 4.57. The molecule has 0 unspecified atom stereocenters. The number of carbonyl (C=O) groups is 2. The molecule has 0 spiro atoms. The predicted molar refractivity (Wildman–Crippen MR) is 130 cm³/mol. The number of aromatic nitrogens is 4. The molecule has 1 N–H and O–H groups in total. The number of benzene rings is 1. The van der Waals surface area contributed by atoms with Crippen LogP contribution in [-0.4, -0.2) is 49.6 Å². The molecule has 0 aliphatic carbocycles. The van der Waals surface area contributed by atoms with Crippen molar-refractivity contribution in [2.45, 2.75) is 18.9 Å². The zero-order valence-electron chi connectivity index (χ0n) is 19.2. The van der Waals surface area contributed by atoms with Gasteiger partial charge in [-0.3, -0.25) is 19.3 Å². The largest absolute Gasteiger partial charge is 0.337 e. The summed E-state index contributed by atoms with van der Waals surface area (Å²) in [6.07, 6.45) is 5.49. The number of carbonyl (C=O) groups excluding carboxylic acids is 2. The third-order valence-corrected chi connectivity index (χ3v) is 6.17. The van der Waals surface area contributed by atoms with Gasteiger partial charge in [0.2, 0.25) is 11.9 Å². The van der Waals surface area contributed by atoms with Gasteiger partial charge < -0.3 is 10.2 Å². The minimum atomic E-state index is -0.693. The van der Waals surface area contributed by atoms with Gasteiger partial charge in [-0.1, -0.05) is 24.8 Å². The molecule has 2 amide bonds. The molecule has 1 fully saturated rings. The number of halogens is 2. The van der Waals surface area contributed by atoms with Crippen LogP contribution in [0.5, 0.6) is 0 Å². The summed E-state index contributed by atoms with van der Waals surface area (Å²) in [6, 6.07) is 10.5. The van der Waals surface area contributed by atoms with Crippen LogP contribution in [-0.2, 0) is 4.79 Å². The maximum Gasteiger partial charge on any atom is 0.256 e. The Morgan fingerprint density at radius 2 is 1.92 bits per heavy atom. The van der Waals surface area contributed by atoms with Gasteiger partial charge in [0.05, 0.1) is 12.2 Å². The zero-order valence-corrected chi connectivity index (χ0v) is 19.2. The highest BCUT2D eigenvalue weighted by Gasteiger charge is 2.28. The van der Waals surface area contributed by atoms with Gasteiger partial charge in [0.1, 0.15) is 17.0 Å². The van der Waals surface area contributed by atoms with Crippen LogP contribution in [0, 0.1) is 11.8 Å². The summed E-state index contributed by atoms with van der Waals surface area (Å²) >= 11 is 0. The highest BCUT2D eigenvalue weighted by Crippen LogP contribution is 2.33. The SMILES string of the molecule is C=CC(=O)N1CCC[C@@H](n2nc(-c3ccc(C(=O)Nc4cccc(F)n4)cc3)c3cncc(F)c32)C1. The fourth-order valence-electron chi connectivity index (χ4n) is 4.45. The first-order valence-electron chi connectivity index (χ1n) is 11.4. The molecule has 5 rings (SSSR count). The van der Waals surface area contributed by atoms with Crippen LogP contribution in [0.4, 0.5) is 14.6 Å². The Labute approximate surface area is 205 Å². The van der Waals surface area contributed by atoms with Crippen molar-refractivity contribution in [3.63, 3.8) is 0 Å². The molecule has 10 heteroatoms. The first-order valence-corrected chi connectivity index (χ1v) is 11.4. The van der Waals surface area contributed by atoms with Crippen LogP contribution in [0.1, 0.15) is 29.2 Å². The number of fused-ring (bicyclic) bond motifs is 1. The summed E-state index contributed by atoms with van der Waals surface area (Å²) < 4.78 is 29.9.